The molecule has 4 heteroatoms. The van der Waals surface area contributed by atoms with E-state index in [0.29, 0.717) is 5.82 Å². The smallest absolute Gasteiger partial charge is 0.159 e. The second-order valence-electron chi connectivity index (χ2n) is 10.7. The molecular weight excluding hydrogens is 524 g/mol. The maximum Gasteiger partial charge on any atom is 0.159 e. The van der Waals surface area contributed by atoms with Crippen molar-refractivity contribution < 1.29 is 0 Å². The molecular formula is C39H26N4. The highest BCUT2D eigenvalue weighted by molar-refractivity contribution is 6.26. The molecule has 6 aromatic carbocycles. The Morgan fingerprint density at radius 3 is 2.07 bits per heavy atom. The summed E-state index contributed by atoms with van der Waals surface area (Å²) in [6, 6.07) is 36.4. The molecule has 0 aliphatic heterocycles. The number of allylic oxidation sites excluding steroid dienone is 1. The summed E-state index contributed by atoms with van der Waals surface area (Å²) in [7, 11) is 0. The third kappa shape index (κ3) is 3.99. The lowest BCUT2D eigenvalue weighted by Gasteiger charge is -2.18. The van der Waals surface area contributed by atoms with Crippen LogP contribution < -0.4 is 0 Å². The van der Waals surface area contributed by atoms with Gasteiger partial charge in [0, 0.05) is 34.5 Å². The average Bonchev–Trinajstić information content (AvgIpc) is 3.07. The molecule has 2 aromatic heterocycles. The fourth-order valence-corrected chi connectivity index (χ4v) is 6.35. The maximum absolute atomic E-state index is 5.13. The summed E-state index contributed by atoms with van der Waals surface area (Å²) in [5, 5.41) is 8.62. The molecule has 0 bridgehead atoms. The van der Waals surface area contributed by atoms with Crippen LogP contribution >= 0.6 is 0 Å². The van der Waals surface area contributed by atoms with Gasteiger partial charge in [0.1, 0.15) is 0 Å². The molecule has 202 valence electrons. The molecule has 4 nitrogen and oxygen atoms in total. The number of nitrogens with zero attached hydrogens (tertiary/aromatic N) is 4. The Balaban J connectivity index is 1.33. The van der Waals surface area contributed by atoms with Crippen molar-refractivity contribution >= 4 is 61.7 Å². The number of aliphatic imine (C=N–C) groups is 1. The minimum absolute atomic E-state index is 0.703. The summed E-state index contributed by atoms with van der Waals surface area (Å²) in [5.41, 5.74) is 7.78. The van der Waals surface area contributed by atoms with Gasteiger partial charge in [-0.25, -0.2) is 15.0 Å². The molecule has 0 atom stereocenters. The number of fused-ring (bicyclic) bond motifs is 1. The van der Waals surface area contributed by atoms with Crippen LogP contribution in [0, 0.1) is 0 Å². The van der Waals surface area contributed by atoms with Crippen molar-refractivity contribution in [2.75, 3.05) is 0 Å². The molecule has 43 heavy (non-hydrogen) atoms. The van der Waals surface area contributed by atoms with Crippen molar-refractivity contribution in [1.29, 1.82) is 0 Å². The quantitative estimate of drug-likeness (QED) is 0.158. The van der Waals surface area contributed by atoms with E-state index in [2.05, 4.69) is 119 Å². The zero-order valence-electron chi connectivity index (χ0n) is 23.6. The first-order valence-electron chi connectivity index (χ1n) is 14.4. The van der Waals surface area contributed by atoms with Gasteiger partial charge in [0.2, 0.25) is 0 Å². The van der Waals surface area contributed by atoms with E-state index in [1.165, 1.54) is 37.9 Å². The van der Waals surface area contributed by atoms with E-state index in [1.54, 1.807) is 12.4 Å². The van der Waals surface area contributed by atoms with Crippen molar-refractivity contribution in [2.45, 2.75) is 6.92 Å². The molecule has 0 aliphatic carbocycles. The lowest BCUT2D eigenvalue weighted by molar-refractivity contribution is 1.18. The number of hydrogen-bond acceptors (Lipinski definition) is 4. The normalized spacial score (nSPS) is 11.8. The van der Waals surface area contributed by atoms with Gasteiger partial charge in [-0.05, 0) is 75.3 Å². The third-order valence-corrected chi connectivity index (χ3v) is 8.31. The molecule has 8 aromatic rings. The molecule has 0 amide bonds. The van der Waals surface area contributed by atoms with E-state index in [4.69, 9.17) is 4.98 Å². The summed E-state index contributed by atoms with van der Waals surface area (Å²) in [6.07, 6.45) is 7.69. The van der Waals surface area contributed by atoms with Gasteiger partial charge in [-0.2, -0.15) is 0 Å². The first kappa shape index (κ1) is 25.0. The van der Waals surface area contributed by atoms with Crippen LogP contribution in [0.15, 0.2) is 127 Å². The monoisotopic (exact) mass is 550 g/mol. The Hall–Kier alpha value is -5.74. The van der Waals surface area contributed by atoms with Gasteiger partial charge in [0.25, 0.3) is 0 Å². The summed E-state index contributed by atoms with van der Waals surface area (Å²) in [4.78, 5) is 18.4. The van der Waals surface area contributed by atoms with Crippen molar-refractivity contribution in [2.24, 2.45) is 4.99 Å². The van der Waals surface area contributed by atoms with E-state index < -0.39 is 0 Å². The summed E-state index contributed by atoms with van der Waals surface area (Å²) in [5.74, 6) is 0.703. The molecule has 0 saturated heterocycles. The predicted octanol–water partition coefficient (Wildman–Crippen LogP) is 10.3. The van der Waals surface area contributed by atoms with Crippen molar-refractivity contribution in [3.05, 3.63) is 127 Å². The number of aromatic nitrogens is 3. The fourth-order valence-electron chi connectivity index (χ4n) is 6.35. The highest BCUT2D eigenvalue weighted by atomic mass is 14.8. The van der Waals surface area contributed by atoms with Crippen LogP contribution in [0.25, 0.3) is 83.1 Å². The number of hydrogen-bond donors (Lipinski definition) is 0. The van der Waals surface area contributed by atoms with Gasteiger partial charge in [-0.3, -0.25) is 4.99 Å². The number of rotatable bonds is 5. The largest absolute Gasteiger partial charge is 0.262 e. The Kier molecular flexibility index (Phi) is 5.80. The van der Waals surface area contributed by atoms with E-state index >= 15 is 0 Å². The zero-order valence-corrected chi connectivity index (χ0v) is 23.6. The molecule has 2 heterocycles. The first-order valence-corrected chi connectivity index (χ1v) is 14.4. The highest BCUT2D eigenvalue weighted by Gasteiger charge is 2.18. The Morgan fingerprint density at radius 2 is 1.33 bits per heavy atom. The van der Waals surface area contributed by atoms with Gasteiger partial charge in [0.05, 0.1) is 16.9 Å². The van der Waals surface area contributed by atoms with Gasteiger partial charge < -0.3 is 0 Å². The first-order chi connectivity index (χ1) is 21.2. The van der Waals surface area contributed by atoms with E-state index in [1.807, 2.05) is 25.1 Å². The van der Waals surface area contributed by atoms with Gasteiger partial charge in [-0.15, -0.1) is 0 Å². The molecule has 0 saturated carbocycles. The van der Waals surface area contributed by atoms with Crippen LogP contribution in [0.2, 0.25) is 0 Å². The molecule has 0 spiro atoms. The average molecular weight is 551 g/mol. The van der Waals surface area contributed by atoms with Crippen LogP contribution in [0.4, 0.5) is 5.69 Å². The van der Waals surface area contributed by atoms with Crippen molar-refractivity contribution in [3.8, 4) is 33.8 Å². The SMILES string of the molecule is C=Nc1c(/C=C\C)c(-c2ccc3ccc4cccc5ccc2c3c45)cc2ccc(-c3ccc(-c4ncccn4)cc3)nc12. The molecule has 8 rings (SSSR count). The zero-order chi connectivity index (χ0) is 28.9. The number of pyridine rings is 1. The second-order valence-corrected chi connectivity index (χ2v) is 10.7. The van der Waals surface area contributed by atoms with Crippen LogP contribution in [0.5, 0.6) is 0 Å². The summed E-state index contributed by atoms with van der Waals surface area (Å²) < 4.78 is 0. The van der Waals surface area contributed by atoms with Crippen LogP contribution in [0.1, 0.15) is 12.5 Å². The van der Waals surface area contributed by atoms with Crippen LogP contribution in [0.3, 0.4) is 0 Å². The van der Waals surface area contributed by atoms with Gasteiger partial charge in [0.15, 0.2) is 5.82 Å². The van der Waals surface area contributed by atoms with E-state index in [0.717, 1.165) is 44.5 Å². The van der Waals surface area contributed by atoms with Gasteiger partial charge in [-0.1, -0.05) is 97.1 Å². The minimum atomic E-state index is 0.703. The lowest BCUT2D eigenvalue weighted by atomic mass is 9.87. The molecule has 0 N–H and O–H groups in total. The summed E-state index contributed by atoms with van der Waals surface area (Å²) >= 11 is 0. The van der Waals surface area contributed by atoms with Crippen LogP contribution in [-0.2, 0) is 0 Å². The van der Waals surface area contributed by atoms with Gasteiger partial charge >= 0.3 is 0 Å². The minimum Gasteiger partial charge on any atom is -0.262 e. The topological polar surface area (TPSA) is 51.0 Å². The van der Waals surface area contributed by atoms with Crippen LogP contribution in [-0.4, -0.2) is 21.7 Å². The predicted molar refractivity (Wildman–Crippen MR) is 181 cm³/mol. The number of benzene rings is 6. The highest BCUT2D eigenvalue weighted by Crippen LogP contribution is 2.44. The Labute approximate surface area is 249 Å². The Morgan fingerprint density at radius 1 is 0.651 bits per heavy atom. The lowest BCUT2D eigenvalue weighted by Crippen LogP contribution is -1.93. The third-order valence-electron chi connectivity index (χ3n) is 8.31. The molecule has 0 radical (unpaired) electrons. The standard InChI is InChI=1S/C39H26N4/c1-3-6-32-33(30-18-15-27-12-11-25-7-4-8-26-16-19-31(30)36(27)35(25)26)23-29-17-20-34(43-37(29)38(32)40-2)24-9-13-28(14-10-24)39-41-21-5-22-42-39/h3-23H,2H2,1H3/b6-3-. The van der Waals surface area contributed by atoms with Crippen molar-refractivity contribution in [3.63, 3.8) is 0 Å². The summed E-state index contributed by atoms with van der Waals surface area (Å²) in [6.45, 7) is 6.03. The Bertz CT molecular complexity index is 2340. The second kappa shape index (κ2) is 9.97. The van der Waals surface area contributed by atoms with Crippen molar-refractivity contribution in [1.82, 2.24) is 15.0 Å². The molecule has 0 unspecified atom stereocenters. The molecule has 0 fully saturated rings. The van der Waals surface area contributed by atoms with E-state index in [9.17, 15) is 0 Å². The fraction of sp³-hybridized carbons (Fsp3) is 0.0256. The van der Waals surface area contributed by atoms with E-state index in [-0.39, 0.29) is 0 Å². The maximum atomic E-state index is 5.13. The molecule has 0 aliphatic rings.